The minimum absolute atomic E-state index is 0.0657. The van der Waals surface area contributed by atoms with E-state index in [0.717, 1.165) is 6.42 Å². The van der Waals surface area contributed by atoms with E-state index in [-0.39, 0.29) is 18.9 Å². The van der Waals surface area contributed by atoms with Crippen LogP contribution >= 0.6 is 0 Å². The van der Waals surface area contributed by atoms with Gasteiger partial charge in [-0.3, -0.25) is 9.69 Å². The van der Waals surface area contributed by atoms with Crippen LogP contribution in [0.5, 0.6) is 0 Å². The van der Waals surface area contributed by atoms with E-state index >= 15 is 0 Å². The number of allylic oxidation sites excluding steroid dienone is 1. The summed E-state index contributed by atoms with van der Waals surface area (Å²) in [6, 6.07) is -1.76. The Morgan fingerprint density at radius 1 is 0.914 bits per heavy atom. The molecule has 3 atom stereocenters. The normalized spacial score (nSPS) is 22.5. The van der Waals surface area contributed by atoms with Crippen LogP contribution in [0.25, 0.3) is 0 Å². The highest BCUT2D eigenvalue weighted by Gasteiger charge is 2.43. The van der Waals surface area contributed by atoms with E-state index in [9.17, 15) is 24.0 Å². The molecule has 0 spiro atoms. The first-order valence-electron chi connectivity index (χ1n) is 11.5. The van der Waals surface area contributed by atoms with E-state index in [0.29, 0.717) is 11.3 Å². The predicted octanol–water partition coefficient (Wildman–Crippen LogP) is 3.50. The van der Waals surface area contributed by atoms with Gasteiger partial charge in [-0.25, -0.2) is 24.1 Å². The van der Waals surface area contributed by atoms with E-state index in [4.69, 9.17) is 19.3 Å². The lowest BCUT2D eigenvalue weighted by Gasteiger charge is -2.30. The second-order valence-corrected chi connectivity index (χ2v) is 10.2. The molecule has 3 amide bonds. The Hall–Kier alpha value is -3.11. The zero-order valence-electron chi connectivity index (χ0n) is 21.8. The largest absolute Gasteiger partial charge is 0.480 e. The van der Waals surface area contributed by atoms with E-state index in [2.05, 4.69) is 0 Å². The van der Waals surface area contributed by atoms with Gasteiger partial charge in [-0.15, -0.1) is 0 Å². The average molecular weight is 499 g/mol. The van der Waals surface area contributed by atoms with Crippen molar-refractivity contribution in [2.45, 2.75) is 103 Å². The van der Waals surface area contributed by atoms with Crippen molar-refractivity contribution in [2.24, 2.45) is 0 Å². The van der Waals surface area contributed by atoms with Crippen LogP contribution in [-0.4, -0.2) is 81.4 Å². The summed E-state index contributed by atoms with van der Waals surface area (Å²) in [5.41, 5.74) is -1.33. The van der Waals surface area contributed by atoms with Gasteiger partial charge in [-0.1, -0.05) is 12.2 Å². The molecule has 11 nitrogen and oxygen atoms in total. The smallest absolute Gasteiger partial charge is 0.417 e. The van der Waals surface area contributed by atoms with Gasteiger partial charge in [0.1, 0.15) is 23.3 Å². The van der Waals surface area contributed by atoms with Crippen molar-refractivity contribution < 1.29 is 43.3 Å². The van der Waals surface area contributed by atoms with Crippen molar-refractivity contribution in [3.8, 4) is 0 Å². The molecule has 198 valence electrons. The molecule has 0 radical (unpaired) electrons. The van der Waals surface area contributed by atoms with Crippen LogP contribution < -0.4 is 0 Å². The summed E-state index contributed by atoms with van der Waals surface area (Å²) in [4.78, 5) is 60.0. The number of hydrogen-bond acceptors (Lipinski definition) is 8. The number of likely N-dealkylation sites (tertiary alicyclic amines) is 2. The molecule has 2 aliphatic rings. The highest BCUT2D eigenvalue weighted by molar-refractivity contribution is 5.99. The van der Waals surface area contributed by atoms with Gasteiger partial charge in [0.05, 0.1) is 13.2 Å². The molecule has 0 saturated carbocycles. The zero-order chi connectivity index (χ0) is 27.1. The molecule has 2 fully saturated rings. The molecule has 35 heavy (non-hydrogen) atoms. The summed E-state index contributed by atoms with van der Waals surface area (Å²) in [6.45, 7) is 12.3. The minimum Gasteiger partial charge on any atom is -0.480 e. The van der Waals surface area contributed by atoms with Crippen LogP contribution in [0.2, 0.25) is 0 Å². The highest BCUT2D eigenvalue weighted by Crippen LogP contribution is 2.28. The van der Waals surface area contributed by atoms with Crippen molar-refractivity contribution in [1.29, 1.82) is 0 Å². The number of aliphatic carboxylic acids is 1. The molecule has 0 bridgehead atoms. The molecule has 0 aromatic rings. The Morgan fingerprint density at radius 3 is 1.91 bits per heavy atom. The first-order valence-corrected chi connectivity index (χ1v) is 11.5. The van der Waals surface area contributed by atoms with Crippen LogP contribution in [0, 0.1) is 0 Å². The summed E-state index contributed by atoms with van der Waals surface area (Å²) < 4.78 is 15.1. The quantitative estimate of drug-likeness (QED) is 0.352. The monoisotopic (exact) mass is 498 g/mol. The van der Waals surface area contributed by atoms with Crippen molar-refractivity contribution in [3.63, 3.8) is 0 Å². The Balaban J connectivity index is 0.000000355. The number of carbonyl (C=O) groups excluding carboxylic acids is 4. The number of carboxylic acids is 1. The average Bonchev–Trinajstić information content (AvgIpc) is 3.29. The fourth-order valence-corrected chi connectivity index (χ4v) is 3.65. The van der Waals surface area contributed by atoms with E-state index in [1.807, 2.05) is 19.1 Å². The molecule has 11 heteroatoms. The van der Waals surface area contributed by atoms with Gasteiger partial charge in [-0.05, 0) is 67.7 Å². The lowest BCUT2D eigenvalue weighted by Crippen LogP contribution is -2.47. The maximum Gasteiger partial charge on any atom is 0.417 e. The molecular weight excluding hydrogens is 460 g/mol. The molecule has 2 rings (SSSR count). The third-order valence-electron chi connectivity index (χ3n) is 5.01. The topological polar surface area (TPSA) is 140 Å². The van der Waals surface area contributed by atoms with Gasteiger partial charge in [0, 0.05) is 6.42 Å². The lowest BCUT2D eigenvalue weighted by molar-refractivity contribution is -0.146. The Kier molecular flexibility index (Phi) is 10.3. The number of carboxylic acid groups (broad SMARTS) is 1. The summed E-state index contributed by atoms with van der Waals surface area (Å²) in [5.74, 6) is -2.07. The SMILES string of the molecule is CC(C)(C)OC(=O)N1C(=O)CC[C@H]1C(=O)O.CC=C[C@@H]1CC[C@@H](C(=O)OC)N1C(=O)OC(C)(C)C. The van der Waals surface area contributed by atoms with Gasteiger partial charge < -0.3 is 19.3 Å². The van der Waals surface area contributed by atoms with Gasteiger partial charge >= 0.3 is 24.1 Å². The molecule has 2 saturated heterocycles. The molecule has 2 heterocycles. The third kappa shape index (κ3) is 8.88. The Labute approximate surface area is 206 Å². The molecule has 0 aromatic heterocycles. The lowest BCUT2D eigenvalue weighted by atomic mass is 10.2. The van der Waals surface area contributed by atoms with E-state index < -0.39 is 53.3 Å². The molecule has 2 aliphatic heterocycles. The highest BCUT2D eigenvalue weighted by atomic mass is 16.6. The first kappa shape index (κ1) is 29.9. The number of methoxy groups -OCH3 is 1. The standard InChI is InChI=1S/C14H23NO4.C10H15NO5/c1-6-7-10-8-9-11(12(16)18-5)15(10)13(17)19-14(2,3)4;1-10(2,3)16-9(15)11-6(8(13)14)4-5-7(11)12/h6-7,10-11H,8-9H2,1-5H3;6H,4-5H2,1-3H3,(H,13,14)/t10-,11+;6-/m10/s1. The van der Waals surface area contributed by atoms with Crippen LogP contribution in [0.1, 0.15) is 74.1 Å². The van der Waals surface area contributed by atoms with Crippen LogP contribution in [0.3, 0.4) is 0 Å². The second kappa shape index (κ2) is 12.0. The maximum atomic E-state index is 12.2. The molecule has 0 aromatic carbocycles. The van der Waals surface area contributed by atoms with Crippen molar-refractivity contribution >= 4 is 30.0 Å². The van der Waals surface area contributed by atoms with Crippen LogP contribution in [-0.2, 0) is 28.6 Å². The number of esters is 1. The maximum absolute atomic E-state index is 12.2. The first-order chi connectivity index (χ1) is 16.0. The molecule has 0 unspecified atom stereocenters. The minimum atomic E-state index is -1.18. The number of rotatable bonds is 3. The molecule has 1 N–H and O–H groups in total. The van der Waals surface area contributed by atoms with Crippen molar-refractivity contribution in [2.75, 3.05) is 7.11 Å². The third-order valence-corrected chi connectivity index (χ3v) is 5.01. The fraction of sp³-hybridized carbons (Fsp3) is 0.708. The van der Waals surface area contributed by atoms with Crippen LogP contribution in [0.15, 0.2) is 12.2 Å². The number of ether oxygens (including phenoxy) is 3. The van der Waals surface area contributed by atoms with Crippen molar-refractivity contribution in [1.82, 2.24) is 9.80 Å². The molecule has 0 aliphatic carbocycles. The van der Waals surface area contributed by atoms with E-state index in [1.165, 1.54) is 12.0 Å². The number of nitrogens with zero attached hydrogens (tertiary/aromatic N) is 2. The number of amides is 3. The van der Waals surface area contributed by atoms with Gasteiger partial charge in [0.25, 0.3) is 0 Å². The Bertz CT molecular complexity index is 839. The van der Waals surface area contributed by atoms with Crippen LogP contribution in [0.4, 0.5) is 9.59 Å². The number of carbonyl (C=O) groups is 5. The Morgan fingerprint density at radius 2 is 1.46 bits per heavy atom. The second-order valence-electron chi connectivity index (χ2n) is 10.2. The van der Waals surface area contributed by atoms with Gasteiger partial charge in [0.2, 0.25) is 5.91 Å². The summed E-state index contributed by atoms with van der Waals surface area (Å²) >= 11 is 0. The van der Waals surface area contributed by atoms with E-state index in [1.54, 1.807) is 41.5 Å². The van der Waals surface area contributed by atoms with Gasteiger partial charge in [0.15, 0.2) is 0 Å². The molecular formula is C24H38N2O9. The fourth-order valence-electron chi connectivity index (χ4n) is 3.65. The predicted molar refractivity (Wildman–Crippen MR) is 125 cm³/mol. The number of hydrogen-bond donors (Lipinski definition) is 1. The summed E-state index contributed by atoms with van der Waals surface area (Å²) in [5, 5.41) is 8.85. The number of imide groups is 1. The van der Waals surface area contributed by atoms with Crippen molar-refractivity contribution in [3.05, 3.63) is 12.2 Å². The summed E-state index contributed by atoms with van der Waals surface area (Å²) in [7, 11) is 1.33. The zero-order valence-corrected chi connectivity index (χ0v) is 21.8. The van der Waals surface area contributed by atoms with Gasteiger partial charge in [-0.2, -0.15) is 0 Å². The summed E-state index contributed by atoms with van der Waals surface area (Å²) in [6.07, 6.45) is 3.98.